The van der Waals surface area contributed by atoms with Gasteiger partial charge in [0.15, 0.2) is 0 Å². The number of pyridine rings is 1. The van der Waals surface area contributed by atoms with Crippen molar-refractivity contribution in [3.8, 4) is 0 Å². The van der Waals surface area contributed by atoms with E-state index in [1.807, 2.05) is 52.9 Å². The Labute approximate surface area is 218 Å². The van der Waals surface area contributed by atoms with Gasteiger partial charge in [-0.05, 0) is 72.1 Å². The number of carbonyl (C=O) groups excluding carboxylic acids is 1. The highest BCUT2D eigenvalue weighted by atomic mass is 79.9. The van der Waals surface area contributed by atoms with Gasteiger partial charge in [0.25, 0.3) is 0 Å². The molecule has 0 N–H and O–H groups in total. The Morgan fingerprint density at radius 3 is 2.42 bits per heavy atom. The largest absolute Gasteiger partial charge is 0.444 e. The number of rotatable bonds is 1. The zero-order chi connectivity index (χ0) is 24.3. The van der Waals surface area contributed by atoms with Crippen LogP contribution in [0.4, 0.5) is 4.79 Å². The average molecular weight is 600 g/mol. The van der Waals surface area contributed by atoms with Gasteiger partial charge in [-0.2, -0.15) is 0 Å². The summed E-state index contributed by atoms with van der Waals surface area (Å²) in [5.41, 5.74) is 3.75. The lowest BCUT2D eigenvalue weighted by molar-refractivity contribution is 0.0118. The van der Waals surface area contributed by atoms with Gasteiger partial charge in [0.05, 0.1) is 11.7 Å². The molecule has 1 aromatic carbocycles. The smallest absolute Gasteiger partial charge is 0.410 e. The average Bonchev–Trinajstić information content (AvgIpc) is 2.87. The maximum absolute atomic E-state index is 12.5. The fourth-order valence-corrected chi connectivity index (χ4v) is 5.08. The molecule has 8 heteroatoms. The van der Waals surface area contributed by atoms with Crippen molar-refractivity contribution in [2.75, 3.05) is 26.2 Å². The number of halogens is 3. The van der Waals surface area contributed by atoms with Crippen LogP contribution in [0.15, 0.2) is 34.9 Å². The molecule has 0 spiro atoms. The molecule has 0 radical (unpaired) electrons. The molecule has 1 amide bonds. The van der Waals surface area contributed by atoms with E-state index in [-0.39, 0.29) is 12.1 Å². The van der Waals surface area contributed by atoms with Gasteiger partial charge in [-0.15, -0.1) is 0 Å². The summed E-state index contributed by atoms with van der Waals surface area (Å²) in [4.78, 5) is 21.5. The quantitative estimate of drug-likeness (QED) is 0.343. The molecular weight excluding hydrogens is 570 g/mol. The van der Waals surface area contributed by atoms with Gasteiger partial charge in [0.2, 0.25) is 0 Å². The summed E-state index contributed by atoms with van der Waals surface area (Å²) in [7, 11) is 0. The summed E-state index contributed by atoms with van der Waals surface area (Å²) in [5.74, 6) is 0. The van der Waals surface area contributed by atoms with Crippen molar-refractivity contribution in [1.29, 1.82) is 0 Å². The first-order chi connectivity index (χ1) is 15.6. The SMILES string of the molecule is CC.CC(C)(C)OC(=O)N1CCN(C2c3ccc(Cl)cc3C=C(Br)c3cc(Br)cnc32)CC1. The number of nitrogens with zero attached hydrogens (tertiary/aromatic N) is 3. The van der Waals surface area contributed by atoms with Crippen LogP contribution in [0.25, 0.3) is 10.6 Å². The van der Waals surface area contributed by atoms with Gasteiger partial charge in [-0.25, -0.2) is 4.79 Å². The molecule has 0 saturated carbocycles. The lowest BCUT2D eigenvalue weighted by Gasteiger charge is -2.40. The number of aromatic nitrogens is 1. The van der Waals surface area contributed by atoms with E-state index in [1.54, 1.807) is 4.90 Å². The molecule has 5 nitrogen and oxygen atoms in total. The molecule has 1 aromatic heterocycles. The molecule has 1 unspecified atom stereocenters. The van der Waals surface area contributed by atoms with Crippen LogP contribution < -0.4 is 0 Å². The van der Waals surface area contributed by atoms with Crippen LogP contribution in [0, 0.1) is 0 Å². The third-order valence-electron chi connectivity index (χ3n) is 5.36. The normalized spacial score (nSPS) is 18.2. The van der Waals surface area contributed by atoms with Crippen molar-refractivity contribution in [2.24, 2.45) is 0 Å². The lowest BCUT2D eigenvalue weighted by atomic mass is 9.96. The zero-order valence-electron chi connectivity index (χ0n) is 19.7. The summed E-state index contributed by atoms with van der Waals surface area (Å²) in [5, 5.41) is 0.698. The van der Waals surface area contributed by atoms with E-state index in [1.165, 1.54) is 0 Å². The Hall–Kier alpha value is -1.41. The Bertz CT molecular complexity index is 1040. The van der Waals surface area contributed by atoms with Crippen molar-refractivity contribution < 1.29 is 9.53 Å². The maximum atomic E-state index is 12.5. The minimum atomic E-state index is -0.498. The lowest BCUT2D eigenvalue weighted by Crippen LogP contribution is -2.51. The first kappa shape index (κ1) is 26.2. The molecule has 4 rings (SSSR count). The minimum absolute atomic E-state index is 0.0394. The molecule has 1 saturated heterocycles. The maximum Gasteiger partial charge on any atom is 0.410 e. The fourth-order valence-electron chi connectivity index (χ4n) is 4.00. The summed E-state index contributed by atoms with van der Waals surface area (Å²) >= 11 is 13.6. The zero-order valence-corrected chi connectivity index (χ0v) is 23.6. The molecule has 1 aliphatic carbocycles. The second kappa shape index (κ2) is 10.9. The third-order valence-corrected chi connectivity index (χ3v) is 6.68. The van der Waals surface area contributed by atoms with E-state index in [0.29, 0.717) is 18.1 Å². The van der Waals surface area contributed by atoms with Crippen molar-refractivity contribution in [2.45, 2.75) is 46.3 Å². The molecule has 2 aromatic rings. The van der Waals surface area contributed by atoms with Crippen LogP contribution in [-0.4, -0.2) is 52.7 Å². The van der Waals surface area contributed by atoms with Gasteiger partial charge in [-0.3, -0.25) is 9.88 Å². The monoisotopic (exact) mass is 597 g/mol. The minimum Gasteiger partial charge on any atom is -0.444 e. The second-order valence-electron chi connectivity index (χ2n) is 8.76. The molecule has 0 bridgehead atoms. The van der Waals surface area contributed by atoms with Crippen molar-refractivity contribution >= 4 is 60.1 Å². The first-order valence-electron chi connectivity index (χ1n) is 11.2. The Morgan fingerprint density at radius 2 is 1.79 bits per heavy atom. The molecule has 1 fully saturated rings. The van der Waals surface area contributed by atoms with Crippen LogP contribution in [-0.2, 0) is 4.74 Å². The molecule has 2 aliphatic rings. The standard InChI is InChI=1S/C23H24Br2ClN3O2.C2H6/c1-23(2,3)31-22(30)29-8-6-28(7-9-29)21-17-5-4-16(26)10-14(17)11-19(25)18-12-15(24)13-27-20(18)21;1-2/h4-5,10-13,21H,6-9H2,1-3H3;1-2H3. The van der Waals surface area contributed by atoms with Crippen molar-refractivity contribution in [3.63, 3.8) is 0 Å². The number of hydrogen-bond donors (Lipinski definition) is 0. The number of ether oxygens (including phenoxy) is 1. The van der Waals surface area contributed by atoms with Crippen LogP contribution >= 0.6 is 43.5 Å². The topological polar surface area (TPSA) is 45.7 Å². The number of hydrogen-bond acceptors (Lipinski definition) is 4. The van der Waals surface area contributed by atoms with Crippen LogP contribution in [0.3, 0.4) is 0 Å². The predicted octanol–water partition coefficient (Wildman–Crippen LogP) is 7.37. The molecule has 33 heavy (non-hydrogen) atoms. The van der Waals surface area contributed by atoms with Gasteiger partial charge < -0.3 is 9.64 Å². The van der Waals surface area contributed by atoms with Crippen LogP contribution in [0.5, 0.6) is 0 Å². The Kier molecular flexibility index (Phi) is 8.65. The Morgan fingerprint density at radius 1 is 1.12 bits per heavy atom. The molecule has 2 heterocycles. The van der Waals surface area contributed by atoms with Crippen LogP contribution in [0.1, 0.15) is 63.0 Å². The van der Waals surface area contributed by atoms with E-state index in [9.17, 15) is 4.79 Å². The van der Waals surface area contributed by atoms with Crippen molar-refractivity contribution in [1.82, 2.24) is 14.8 Å². The highest BCUT2D eigenvalue weighted by Gasteiger charge is 2.34. The summed E-state index contributed by atoms with van der Waals surface area (Å²) in [6, 6.07) is 8.04. The van der Waals surface area contributed by atoms with Gasteiger partial charge in [0.1, 0.15) is 5.60 Å². The van der Waals surface area contributed by atoms with Gasteiger partial charge in [-0.1, -0.05) is 47.4 Å². The highest BCUT2D eigenvalue weighted by molar-refractivity contribution is 9.15. The number of piperazine rings is 1. The van der Waals surface area contributed by atoms with E-state index >= 15 is 0 Å². The number of amides is 1. The fraction of sp³-hybridized carbons (Fsp3) is 0.440. The number of fused-ring (bicyclic) bond motifs is 2. The Balaban J connectivity index is 0.00000149. The van der Waals surface area contributed by atoms with Crippen LogP contribution in [0.2, 0.25) is 5.02 Å². The summed E-state index contributed by atoms with van der Waals surface area (Å²) in [6.07, 6.45) is 3.68. The van der Waals surface area contributed by atoms with Gasteiger partial charge in [0, 0.05) is 51.9 Å². The summed E-state index contributed by atoms with van der Waals surface area (Å²) in [6.45, 7) is 12.3. The van der Waals surface area contributed by atoms with E-state index < -0.39 is 5.60 Å². The highest BCUT2D eigenvalue weighted by Crippen LogP contribution is 2.42. The number of carbonyl (C=O) groups is 1. The first-order valence-corrected chi connectivity index (χ1v) is 13.1. The van der Waals surface area contributed by atoms with E-state index in [4.69, 9.17) is 21.3 Å². The third kappa shape index (κ3) is 6.18. The molecule has 1 atom stereocenters. The van der Waals surface area contributed by atoms with Gasteiger partial charge >= 0.3 is 6.09 Å². The molecular formula is C25H30Br2ClN3O2. The second-order valence-corrected chi connectivity index (χ2v) is 11.0. The van der Waals surface area contributed by atoms with Crippen molar-refractivity contribution in [3.05, 3.63) is 62.3 Å². The molecule has 178 valence electrons. The summed E-state index contributed by atoms with van der Waals surface area (Å²) < 4.78 is 7.44. The predicted molar refractivity (Wildman–Crippen MR) is 143 cm³/mol. The molecule has 1 aliphatic heterocycles. The van der Waals surface area contributed by atoms with E-state index in [2.05, 4.69) is 55.0 Å². The number of benzene rings is 1. The van der Waals surface area contributed by atoms with E-state index in [0.717, 1.165) is 44.4 Å².